The Morgan fingerprint density at radius 1 is 1.21 bits per heavy atom. The van der Waals surface area contributed by atoms with E-state index in [1.807, 2.05) is 56.3 Å². The number of rotatable bonds is 7. The van der Waals surface area contributed by atoms with Gasteiger partial charge in [0, 0.05) is 10.8 Å². The van der Waals surface area contributed by atoms with Crippen molar-refractivity contribution in [3.8, 4) is 5.75 Å². The van der Waals surface area contributed by atoms with E-state index < -0.39 is 6.10 Å². The van der Waals surface area contributed by atoms with Crippen LogP contribution in [0.4, 0.5) is 5.13 Å². The number of anilines is 1. The van der Waals surface area contributed by atoms with Gasteiger partial charge in [-0.05, 0) is 55.7 Å². The van der Waals surface area contributed by atoms with Gasteiger partial charge >= 0.3 is 0 Å². The number of carbonyl (C=O) groups is 1. The Hall–Kier alpha value is -2.09. The minimum atomic E-state index is -0.648. The van der Waals surface area contributed by atoms with Crippen molar-refractivity contribution in [1.29, 1.82) is 0 Å². The fourth-order valence-corrected chi connectivity index (χ4v) is 4.37. The molecule has 5 nitrogen and oxygen atoms in total. The Kier molecular flexibility index (Phi) is 6.93. The SMILES string of the molecule is Cc1ccc(OC(C)C(=O)Nc2nnc(SCc3ccccc3Cl)s2)cc1C. The summed E-state index contributed by atoms with van der Waals surface area (Å²) in [5.74, 6) is 1.09. The summed E-state index contributed by atoms with van der Waals surface area (Å²) in [7, 11) is 0. The monoisotopic (exact) mass is 433 g/mol. The molecular formula is C20H20ClN3O2S2. The number of thioether (sulfide) groups is 1. The van der Waals surface area contributed by atoms with Gasteiger partial charge in [-0.2, -0.15) is 0 Å². The molecule has 1 amide bonds. The molecule has 0 aliphatic heterocycles. The first kappa shape index (κ1) is 20.6. The van der Waals surface area contributed by atoms with Crippen molar-refractivity contribution in [3.63, 3.8) is 0 Å². The lowest BCUT2D eigenvalue weighted by Crippen LogP contribution is -2.30. The van der Waals surface area contributed by atoms with Gasteiger partial charge < -0.3 is 4.74 Å². The molecular weight excluding hydrogens is 414 g/mol. The summed E-state index contributed by atoms with van der Waals surface area (Å²) in [6, 6.07) is 13.4. The van der Waals surface area contributed by atoms with Crippen LogP contribution in [0.2, 0.25) is 5.02 Å². The molecule has 28 heavy (non-hydrogen) atoms. The van der Waals surface area contributed by atoms with Crippen LogP contribution in [0.15, 0.2) is 46.8 Å². The number of halogens is 1. The van der Waals surface area contributed by atoms with E-state index in [9.17, 15) is 4.79 Å². The molecule has 1 N–H and O–H groups in total. The molecule has 1 atom stereocenters. The summed E-state index contributed by atoms with van der Waals surface area (Å²) >= 11 is 9.02. The molecule has 3 aromatic rings. The molecule has 8 heteroatoms. The van der Waals surface area contributed by atoms with Crippen LogP contribution in [0, 0.1) is 13.8 Å². The maximum atomic E-state index is 12.4. The van der Waals surface area contributed by atoms with Gasteiger partial charge in [-0.1, -0.05) is 59.0 Å². The Bertz CT molecular complexity index is 978. The third-order valence-electron chi connectivity index (χ3n) is 4.11. The second kappa shape index (κ2) is 9.41. The molecule has 1 aromatic heterocycles. The average molecular weight is 434 g/mol. The second-order valence-electron chi connectivity index (χ2n) is 6.25. The summed E-state index contributed by atoms with van der Waals surface area (Å²) in [6.07, 6.45) is -0.648. The maximum Gasteiger partial charge on any atom is 0.266 e. The van der Waals surface area contributed by atoms with Crippen molar-refractivity contribution in [2.24, 2.45) is 0 Å². The van der Waals surface area contributed by atoms with Crippen molar-refractivity contribution in [2.45, 2.75) is 37.0 Å². The number of hydrogen-bond acceptors (Lipinski definition) is 6. The highest BCUT2D eigenvalue weighted by Crippen LogP contribution is 2.30. The third-order valence-corrected chi connectivity index (χ3v) is 6.50. The topological polar surface area (TPSA) is 64.1 Å². The predicted octanol–water partition coefficient (Wildman–Crippen LogP) is 5.51. The van der Waals surface area contributed by atoms with E-state index in [0.717, 1.165) is 20.5 Å². The van der Waals surface area contributed by atoms with Crippen molar-refractivity contribution >= 4 is 45.7 Å². The minimum Gasteiger partial charge on any atom is -0.481 e. The number of hydrogen-bond donors (Lipinski definition) is 1. The minimum absolute atomic E-state index is 0.267. The zero-order valence-corrected chi connectivity index (χ0v) is 18.1. The highest BCUT2D eigenvalue weighted by atomic mass is 35.5. The van der Waals surface area contributed by atoms with Crippen molar-refractivity contribution < 1.29 is 9.53 Å². The highest BCUT2D eigenvalue weighted by molar-refractivity contribution is 8.00. The van der Waals surface area contributed by atoms with Gasteiger partial charge in [-0.15, -0.1) is 10.2 Å². The van der Waals surface area contributed by atoms with Gasteiger partial charge in [0.15, 0.2) is 10.4 Å². The molecule has 0 aliphatic rings. The van der Waals surface area contributed by atoms with Gasteiger partial charge in [0.1, 0.15) is 5.75 Å². The predicted molar refractivity (Wildman–Crippen MR) is 116 cm³/mol. The largest absolute Gasteiger partial charge is 0.481 e. The fraction of sp³-hybridized carbons (Fsp3) is 0.250. The summed E-state index contributed by atoms with van der Waals surface area (Å²) in [4.78, 5) is 12.4. The van der Waals surface area contributed by atoms with E-state index in [1.54, 1.807) is 6.92 Å². The smallest absolute Gasteiger partial charge is 0.266 e. The Morgan fingerprint density at radius 2 is 2.00 bits per heavy atom. The molecule has 3 rings (SSSR count). The normalized spacial score (nSPS) is 11.9. The van der Waals surface area contributed by atoms with E-state index in [-0.39, 0.29) is 5.91 Å². The Balaban J connectivity index is 1.54. The number of benzene rings is 2. The van der Waals surface area contributed by atoms with Crippen LogP contribution in [0.1, 0.15) is 23.6 Å². The molecule has 2 aromatic carbocycles. The first-order valence-corrected chi connectivity index (χ1v) is 10.8. The van der Waals surface area contributed by atoms with Crippen LogP contribution >= 0.6 is 34.7 Å². The molecule has 1 unspecified atom stereocenters. The van der Waals surface area contributed by atoms with Crippen LogP contribution in [-0.4, -0.2) is 22.2 Å². The Labute approximate surface area is 177 Å². The molecule has 0 bridgehead atoms. The van der Waals surface area contributed by atoms with Crippen LogP contribution in [0.5, 0.6) is 5.75 Å². The summed E-state index contributed by atoms with van der Waals surface area (Å²) in [6.45, 7) is 5.75. The number of nitrogens with zero attached hydrogens (tertiary/aromatic N) is 2. The van der Waals surface area contributed by atoms with Crippen molar-refractivity contribution in [3.05, 3.63) is 64.2 Å². The molecule has 0 radical (unpaired) electrons. The standard InChI is InChI=1S/C20H20ClN3O2S2/c1-12-8-9-16(10-13(12)2)26-14(3)18(25)22-19-23-24-20(28-19)27-11-15-6-4-5-7-17(15)21/h4-10,14H,11H2,1-3H3,(H,22,23,25). The lowest BCUT2D eigenvalue weighted by atomic mass is 10.1. The lowest BCUT2D eigenvalue weighted by Gasteiger charge is -2.14. The first-order chi connectivity index (χ1) is 13.4. The zero-order valence-electron chi connectivity index (χ0n) is 15.7. The number of nitrogens with one attached hydrogen (secondary N) is 1. The van der Waals surface area contributed by atoms with Gasteiger partial charge in [0.05, 0.1) is 0 Å². The quantitative estimate of drug-likeness (QED) is 0.393. The number of carbonyl (C=O) groups excluding carboxylic acids is 1. The number of amides is 1. The molecule has 0 saturated heterocycles. The molecule has 0 spiro atoms. The fourth-order valence-electron chi connectivity index (χ4n) is 2.33. The maximum absolute atomic E-state index is 12.4. The van der Waals surface area contributed by atoms with E-state index in [2.05, 4.69) is 15.5 Å². The first-order valence-electron chi connectivity index (χ1n) is 8.67. The van der Waals surface area contributed by atoms with Crippen LogP contribution in [0.25, 0.3) is 0 Å². The number of aryl methyl sites for hydroxylation is 2. The summed E-state index contributed by atoms with van der Waals surface area (Å²) in [5.41, 5.74) is 3.33. The summed E-state index contributed by atoms with van der Waals surface area (Å²) < 4.78 is 6.50. The van der Waals surface area contributed by atoms with Crippen LogP contribution in [-0.2, 0) is 10.5 Å². The Morgan fingerprint density at radius 3 is 2.75 bits per heavy atom. The average Bonchev–Trinajstić information content (AvgIpc) is 3.11. The van der Waals surface area contributed by atoms with E-state index >= 15 is 0 Å². The highest BCUT2D eigenvalue weighted by Gasteiger charge is 2.17. The van der Waals surface area contributed by atoms with Gasteiger partial charge in [0.25, 0.3) is 5.91 Å². The van der Waals surface area contributed by atoms with Crippen molar-refractivity contribution in [1.82, 2.24) is 10.2 Å². The van der Waals surface area contributed by atoms with Gasteiger partial charge in [0.2, 0.25) is 5.13 Å². The van der Waals surface area contributed by atoms with Crippen molar-refractivity contribution in [2.75, 3.05) is 5.32 Å². The zero-order chi connectivity index (χ0) is 20.1. The van der Waals surface area contributed by atoms with E-state index in [0.29, 0.717) is 16.6 Å². The van der Waals surface area contributed by atoms with Gasteiger partial charge in [-0.25, -0.2) is 0 Å². The number of aromatic nitrogens is 2. The second-order valence-corrected chi connectivity index (χ2v) is 8.86. The lowest BCUT2D eigenvalue weighted by molar-refractivity contribution is -0.122. The van der Waals surface area contributed by atoms with Crippen LogP contribution in [0.3, 0.4) is 0 Å². The van der Waals surface area contributed by atoms with Crippen LogP contribution < -0.4 is 10.1 Å². The van der Waals surface area contributed by atoms with E-state index in [1.165, 1.54) is 28.7 Å². The summed E-state index contributed by atoms with van der Waals surface area (Å²) in [5, 5.41) is 12.1. The molecule has 0 aliphatic carbocycles. The molecule has 0 saturated carbocycles. The molecule has 146 valence electrons. The molecule has 1 heterocycles. The van der Waals surface area contributed by atoms with Gasteiger partial charge in [-0.3, -0.25) is 10.1 Å². The molecule has 0 fully saturated rings. The number of ether oxygens (including phenoxy) is 1. The van der Waals surface area contributed by atoms with E-state index in [4.69, 9.17) is 16.3 Å². The third kappa shape index (κ3) is 5.47.